The lowest BCUT2D eigenvalue weighted by molar-refractivity contribution is -0.384. The van der Waals surface area contributed by atoms with E-state index in [2.05, 4.69) is 31.8 Å². The number of amides is 2. The normalized spacial score (nSPS) is 10.5. The van der Waals surface area contributed by atoms with Crippen LogP contribution >= 0.6 is 15.9 Å². The van der Waals surface area contributed by atoms with Crippen molar-refractivity contribution in [3.8, 4) is 5.75 Å². The van der Waals surface area contributed by atoms with E-state index in [4.69, 9.17) is 4.74 Å². The van der Waals surface area contributed by atoms with Gasteiger partial charge in [-0.25, -0.2) is 5.43 Å². The highest BCUT2D eigenvalue weighted by atomic mass is 79.9. The number of hydrogen-bond donors (Lipinski definition) is 2. The number of nitro groups is 1. The van der Waals surface area contributed by atoms with Gasteiger partial charge in [-0.3, -0.25) is 19.7 Å². The van der Waals surface area contributed by atoms with Crippen molar-refractivity contribution in [3.63, 3.8) is 0 Å². The van der Waals surface area contributed by atoms with Crippen molar-refractivity contribution in [1.82, 2.24) is 5.43 Å². The number of nitro benzene ring substituents is 1. The Morgan fingerprint density at radius 1 is 1.03 bits per heavy atom. The molecule has 3 rings (SSSR count). The monoisotopic (exact) mass is 496 g/mol. The Balaban J connectivity index is 1.46. The summed E-state index contributed by atoms with van der Waals surface area (Å²) in [4.78, 5) is 34.0. The van der Waals surface area contributed by atoms with Gasteiger partial charge in [0.1, 0.15) is 12.4 Å². The first-order valence-corrected chi connectivity index (χ1v) is 10.1. The van der Waals surface area contributed by atoms with Crippen LogP contribution in [-0.2, 0) is 16.2 Å². The molecule has 3 aromatic rings. The zero-order valence-corrected chi connectivity index (χ0v) is 18.1. The van der Waals surface area contributed by atoms with Crippen molar-refractivity contribution in [2.75, 3.05) is 5.32 Å². The molecule has 2 amide bonds. The summed E-state index contributed by atoms with van der Waals surface area (Å²) < 4.78 is 6.42. The lowest BCUT2D eigenvalue weighted by atomic mass is 10.2. The highest BCUT2D eigenvalue weighted by Crippen LogP contribution is 2.17. The highest BCUT2D eigenvalue weighted by molar-refractivity contribution is 9.10. The molecule has 0 aromatic heterocycles. The molecule has 2 N–H and O–H groups in total. The van der Waals surface area contributed by atoms with Gasteiger partial charge in [0, 0.05) is 22.3 Å². The first kappa shape index (κ1) is 22.6. The number of hydrazone groups is 1. The molecule has 0 radical (unpaired) electrons. The van der Waals surface area contributed by atoms with Gasteiger partial charge in [-0.15, -0.1) is 0 Å². The third-order valence-corrected chi connectivity index (χ3v) is 4.59. The van der Waals surface area contributed by atoms with E-state index < -0.39 is 16.7 Å². The van der Waals surface area contributed by atoms with Crippen LogP contribution in [0.2, 0.25) is 0 Å². The Hall–Kier alpha value is -4.05. The van der Waals surface area contributed by atoms with Crippen LogP contribution in [0.15, 0.2) is 82.4 Å². The van der Waals surface area contributed by atoms with Gasteiger partial charge in [-0.2, -0.15) is 5.10 Å². The van der Waals surface area contributed by atoms with Gasteiger partial charge in [-0.1, -0.05) is 22.0 Å². The molecule has 0 fully saturated rings. The van der Waals surface area contributed by atoms with Crippen LogP contribution in [-0.4, -0.2) is 23.0 Å². The van der Waals surface area contributed by atoms with Crippen LogP contribution < -0.4 is 15.5 Å². The molecule has 0 bridgehead atoms. The van der Waals surface area contributed by atoms with E-state index in [1.54, 1.807) is 60.7 Å². The van der Waals surface area contributed by atoms with Crippen molar-refractivity contribution in [3.05, 3.63) is 98.5 Å². The van der Waals surface area contributed by atoms with Gasteiger partial charge in [-0.05, 0) is 65.7 Å². The summed E-state index contributed by atoms with van der Waals surface area (Å²) >= 11 is 3.28. The number of nitrogens with zero attached hydrogens (tertiary/aromatic N) is 2. The third-order valence-electron chi connectivity index (χ3n) is 4.10. The van der Waals surface area contributed by atoms with E-state index in [0.717, 1.165) is 10.0 Å². The molecule has 0 saturated heterocycles. The van der Waals surface area contributed by atoms with Crippen LogP contribution in [0.3, 0.4) is 0 Å². The molecule has 0 heterocycles. The Morgan fingerprint density at radius 2 is 1.75 bits per heavy atom. The number of halogens is 1. The number of anilines is 1. The molecule has 0 aliphatic heterocycles. The minimum Gasteiger partial charge on any atom is -0.489 e. The maximum Gasteiger partial charge on any atom is 0.329 e. The fourth-order valence-electron chi connectivity index (χ4n) is 2.50. The number of hydrogen-bond acceptors (Lipinski definition) is 6. The van der Waals surface area contributed by atoms with Crippen LogP contribution in [0.25, 0.3) is 0 Å². The van der Waals surface area contributed by atoms with Crippen molar-refractivity contribution in [1.29, 1.82) is 0 Å². The molecule has 0 unspecified atom stereocenters. The zero-order chi connectivity index (χ0) is 22.9. The van der Waals surface area contributed by atoms with Crippen molar-refractivity contribution >= 4 is 45.3 Å². The van der Waals surface area contributed by atoms with Crippen LogP contribution in [0.5, 0.6) is 5.75 Å². The molecule has 0 spiro atoms. The third kappa shape index (κ3) is 6.74. The van der Waals surface area contributed by atoms with E-state index in [-0.39, 0.29) is 12.3 Å². The smallest absolute Gasteiger partial charge is 0.329 e. The Labute approximate surface area is 191 Å². The fraction of sp³-hybridized carbons (Fsp3) is 0.0455. The predicted molar refractivity (Wildman–Crippen MR) is 122 cm³/mol. The molecule has 162 valence electrons. The van der Waals surface area contributed by atoms with Gasteiger partial charge < -0.3 is 10.1 Å². The van der Waals surface area contributed by atoms with Crippen LogP contribution in [0, 0.1) is 10.1 Å². The number of carbonyl (C=O) groups is 2. The quantitative estimate of drug-likeness (QED) is 0.221. The number of carbonyl (C=O) groups excluding carboxylic acids is 2. The average molecular weight is 497 g/mol. The van der Waals surface area contributed by atoms with E-state index >= 15 is 0 Å². The minimum absolute atomic E-state index is 0.0232. The lowest BCUT2D eigenvalue weighted by Crippen LogP contribution is -2.32. The summed E-state index contributed by atoms with van der Waals surface area (Å²) in [5.41, 5.74) is 4.15. The van der Waals surface area contributed by atoms with Crippen LogP contribution in [0.1, 0.15) is 11.1 Å². The van der Waals surface area contributed by atoms with E-state index in [9.17, 15) is 19.7 Å². The number of benzene rings is 3. The Bertz CT molecular complexity index is 1150. The highest BCUT2D eigenvalue weighted by Gasteiger charge is 2.12. The van der Waals surface area contributed by atoms with Gasteiger partial charge in [0.25, 0.3) is 5.69 Å². The molecule has 3 aromatic carbocycles. The second-order valence-electron chi connectivity index (χ2n) is 6.44. The minimum atomic E-state index is -0.899. The number of non-ortho nitro benzene ring substituents is 1. The molecular weight excluding hydrogens is 480 g/mol. The molecule has 0 aliphatic rings. The van der Waals surface area contributed by atoms with Gasteiger partial charge in [0.2, 0.25) is 0 Å². The Kier molecular flexibility index (Phi) is 7.65. The standard InChI is InChI=1S/C22H17BrN4O5/c23-17-2-1-3-18(12-17)25-21(28)22(29)26-24-13-15-6-10-20(11-7-15)32-14-16-4-8-19(9-5-16)27(30)31/h1-13H,14H2,(H,25,28)(H,26,29)/b24-13+. The molecule has 0 saturated carbocycles. The van der Waals surface area contributed by atoms with Crippen molar-refractivity contribution in [2.24, 2.45) is 5.10 Å². The molecule has 0 atom stereocenters. The average Bonchev–Trinajstić information content (AvgIpc) is 2.78. The molecule has 9 nitrogen and oxygen atoms in total. The maximum absolute atomic E-state index is 11.9. The van der Waals surface area contributed by atoms with Crippen molar-refractivity contribution < 1.29 is 19.2 Å². The summed E-state index contributed by atoms with van der Waals surface area (Å²) in [6.07, 6.45) is 1.39. The summed E-state index contributed by atoms with van der Waals surface area (Å²) in [5, 5.41) is 16.9. The largest absolute Gasteiger partial charge is 0.489 e. The van der Waals surface area contributed by atoms with Gasteiger partial charge >= 0.3 is 11.8 Å². The molecular formula is C22H17BrN4O5. The van der Waals surface area contributed by atoms with E-state index in [1.165, 1.54) is 18.3 Å². The molecule has 0 aliphatic carbocycles. The summed E-state index contributed by atoms with van der Waals surface area (Å²) in [6.45, 7) is 0.259. The Morgan fingerprint density at radius 3 is 2.41 bits per heavy atom. The van der Waals surface area contributed by atoms with E-state index in [1.807, 2.05) is 0 Å². The summed E-state index contributed by atoms with van der Waals surface area (Å²) in [7, 11) is 0. The lowest BCUT2D eigenvalue weighted by Gasteiger charge is -2.06. The fourth-order valence-corrected chi connectivity index (χ4v) is 2.90. The zero-order valence-electron chi connectivity index (χ0n) is 16.5. The molecule has 32 heavy (non-hydrogen) atoms. The van der Waals surface area contributed by atoms with Crippen molar-refractivity contribution in [2.45, 2.75) is 6.61 Å². The first-order valence-electron chi connectivity index (χ1n) is 9.27. The SMILES string of the molecule is O=C(N/N=C/c1ccc(OCc2ccc([N+](=O)[O-])cc2)cc1)C(=O)Nc1cccc(Br)c1. The number of ether oxygens (including phenoxy) is 1. The summed E-state index contributed by atoms with van der Waals surface area (Å²) in [6, 6.07) is 19.8. The summed E-state index contributed by atoms with van der Waals surface area (Å²) in [5.74, 6) is -1.14. The van der Waals surface area contributed by atoms with E-state index in [0.29, 0.717) is 17.0 Å². The number of rotatable bonds is 7. The second kappa shape index (κ2) is 10.8. The van der Waals surface area contributed by atoms with Crippen LogP contribution in [0.4, 0.5) is 11.4 Å². The molecule has 10 heteroatoms. The van der Waals surface area contributed by atoms with Gasteiger partial charge in [0.15, 0.2) is 0 Å². The number of nitrogens with one attached hydrogen (secondary N) is 2. The van der Waals surface area contributed by atoms with Gasteiger partial charge in [0.05, 0.1) is 11.1 Å². The maximum atomic E-state index is 11.9. The predicted octanol–water partition coefficient (Wildman–Crippen LogP) is 4.03. The second-order valence-corrected chi connectivity index (χ2v) is 7.36. The topological polar surface area (TPSA) is 123 Å². The first-order chi connectivity index (χ1) is 15.4.